The molecule has 1 amide bonds. The fourth-order valence-electron chi connectivity index (χ4n) is 3.74. The van der Waals surface area contributed by atoms with Gasteiger partial charge in [-0.05, 0) is 46.7 Å². The molecule has 0 atom stereocenters. The van der Waals surface area contributed by atoms with Crippen LogP contribution in [0.3, 0.4) is 0 Å². The highest BCUT2D eigenvalue weighted by Crippen LogP contribution is 2.31. The highest BCUT2D eigenvalue weighted by atomic mass is 19.4. The van der Waals surface area contributed by atoms with E-state index in [1.807, 2.05) is 36.4 Å². The molecular weight excluding hydrogens is 463 g/mol. The van der Waals surface area contributed by atoms with Gasteiger partial charge < -0.3 is 18.9 Å². The number of hydrogen-bond acceptors (Lipinski definition) is 5. The fraction of sp³-hybridized carbons (Fsp3) is 0.240. The zero-order chi connectivity index (χ0) is 25.2. The minimum Gasteiger partial charge on any atom is -0.497 e. The van der Waals surface area contributed by atoms with Crippen molar-refractivity contribution in [3.63, 3.8) is 0 Å². The molecule has 35 heavy (non-hydrogen) atoms. The molecule has 0 fully saturated rings. The second kappa shape index (κ2) is 9.65. The van der Waals surface area contributed by atoms with E-state index in [9.17, 15) is 22.8 Å². The van der Waals surface area contributed by atoms with Gasteiger partial charge in [0.25, 0.3) is 5.91 Å². The molecule has 0 saturated heterocycles. The number of nitrogens with zero attached hydrogens (tertiary/aromatic N) is 3. The van der Waals surface area contributed by atoms with Gasteiger partial charge in [0.15, 0.2) is 6.61 Å². The summed E-state index contributed by atoms with van der Waals surface area (Å²) in [4.78, 5) is 29.7. The first-order valence-electron chi connectivity index (χ1n) is 10.6. The van der Waals surface area contributed by atoms with Crippen LogP contribution in [0.2, 0.25) is 0 Å². The molecular formula is C25H22F3N3O4. The number of carbonyl (C=O) groups excluding carboxylic acids is 2. The summed E-state index contributed by atoms with van der Waals surface area (Å²) in [5, 5.41) is 1.96. The van der Waals surface area contributed by atoms with Crippen LogP contribution >= 0.6 is 0 Å². The number of carbonyl (C=O) groups is 2. The van der Waals surface area contributed by atoms with E-state index in [4.69, 9.17) is 9.47 Å². The minimum absolute atomic E-state index is 0.109. The normalized spacial score (nSPS) is 11.6. The first-order valence-corrected chi connectivity index (χ1v) is 10.6. The fourth-order valence-corrected chi connectivity index (χ4v) is 3.74. The van der Waals surface area contributed by atoms with Gasteiger partial charge >= 0.3 is 12.1 Å². The van der Waals surface area contributed by atoms with Crippen molar-refractivity contribution < 1.29 is 32.2 Å². The molecule has 0 radical (unpaired) electrons. The molecule has 7 nitrogen and oxygen atoms in total. The molecule has 0 saturated carbocycles. The predicted molar refractivity (Wildman–Crippen MR) is 123 cm³/mol. The number of aromatic nitrogens is 2. The molecule has 0 spiro atoms. The number of hydrogen-bond donors (Lipinski definition) is 0. The average molecular weight is 485 g/mol. The van der Waals surface area contributed by atoms with Crippen LogP contribution < -0.4 is 4.74 Å². The lowest BCUT2D eigenvalue weighted by atomic mass is 10.1. The van der Waals surface area contributed by atoms with Gasteiger partial charge in [-0.2, -0.15) is 13.2 Å². The summed E-state index contributed by atoms with van der Waals surface area (Å²) in [5.74, 6) is -1.92. The Morgan fingerprint density at radius 2 is 1.74 bits per heavy atom. The summed E-state index contributed by atoms with van der Waals surface area (Å²) in [5.41, 5.74) is 1.12. The van der Waals surface area contributed by atoms with Gasteiger partial charge in [-0.25, -0.2) is 4.98 Å². The third-order valence-corrected chi connectivity index (χ3v) is 5.51. The van der Waals surface area contributed by atoms with Gasteiger partial charge in [0, 0.05) is 13.6 Å². The van der Waals surface area contributed by atoms with E-state index in [0.717, 1.165) is 26.7 Å². The molecule has 4 aromatic rings. The Bertz CT molecular complexity index is 1400. The first kappa shape index (κ1) is 24.1. The number of benzene rings is 3. The molecule has 1 aromatic heterocycles. The Morgan fingerprint density at radius 1 is 1.03 bits per heavy atom. The van der Waals surface area contributed by atoms with Crippen molar-refractivity contribution in [2.45, 2.75) is 19.3 Å². The molecule has 0 bridgehead atoms. The van der Waals surface area contributed by atoms with Gasteiger partial charge in [0.2, 0.25) is 5.82 Å². The lowest BCUT2D eigenvalue weighted by Crippen LogP contribution is -2.31. The number of fused-ring (bicyclic) bond motifs is 2. The molecule has 3 aromatic carbocycles. The van der Waals surface area contributed by atoms with E-state index >= 15 is 0 Å². The van der Waals surface area contributed by atoms with E-state index < -0.39 is 37.0 Å². The van der Waals surface area contributed by atoms with Crippen LogP contribution in [0.4, 0.5) is 13.2 Å². The molecule has 4 rings (SSSR count). The largest absolute Gasteiger partial charge is 0.497 e. The molecule has 0 aliphatic heterocycles. The van der Waals surface area contributed by atoms with E-state index in [2.05, 4.69) is 4.98 Å². The average Bonchev–Trinajstić information content (AvgIpc) is 3.21. The van der Waals surface area contributed by atoms with Crippen LogP contribution in [0.5, 0.6) is 5.75 Å². The van der Waals surface area contributed by atoms with Crippen molar-refractivity contribution in [3.8, 4) is 5.75 Å². The zero-order valence-corrected chi connectivity index (χ0v) is 19.0. The third kappa shape index (κ3) is 5.37. The summed E-state index contributed by atoms with van der Waals surface area (Å²) >= 11 is 0. The monoisotopic (exact) mass is 485 g/mol. The van der Waals surface area contributed by atoms with Gasteiger partial charge in [-0.15, -0.1) is 0 Å². The molecule has 0 N–H and O–H groups in total. The molecule has 0 aliphatic carbocycles. The third-order valence-electron chi connectivity index (χ3n) is 5.51. The van der Waals surface area contributed by atoms with Crippen LogP contribution in [0.25, 0.3) is 21.8 Å². The van der Waals surface area contributed by atoms with E-state index in [-0.39, 0.29) is 17.6 Å². The van der Waals surface area contributed by atoms with Crippen LogP contribution in [0.1, 0.15) is 11.4 Å². The molecule has 182 valence electrons. The second-order valence-corrected chi connectivity index (χ2v) is 7.97. The number of imidazole rings is 1. The predicted octanol–water partition coefficient (Wildman–Crippen LogP) is 4.42. The van der Waals surface area contributed by atoms with E-state index in [1.54, 1.807) is 26.3 Å². The number of halogens is 3. The van der Waals surface area contributed by atoms with Gasteiger partial charge in [0.05, 0.1) is 18.1 Å². The Kier molecular flexibility index (Phi) is 6.63. The maximum atomic E-state index is 13.4. The smallest absolute Gasteiger partial charge is 0.449 e. The maximum absolute atomic E-state index is 13.4. The van der Waals surface area contributed by atoms with Crippen molar-refractivity contribution in [3.05, 3.63) is 72.1 Å². The van der Waals surface area contributed by atoms with E-state index in [0.29, 0.717) is 0 Å². The van der Waals surface area contributed by atoms with Crippen molar-refractivity contribution in [2.24, 2.45) is 0 Å². The maximum Gasteiger partial charge on any atom is 0.449 e. The number of ether oxygens (including phenoxy) is 2. The summed E-state index contributed by atoms with van der Waals surface area (Å²) in [6, 6.07) is 17.4. The molecule has 0 aliphatic rings. The summed E-state index contributed by atoms with van der Waals surface area (Å²) in [6.45, 7) is -1.04. The number of likely N-dealkylation sites (N-methyl/N-ethyl adjacent to an activating group) is 1. The Balaban J connectivity index is 1.38. The van der Waals surface area contributed by atoms with Gasteiger partial charge in [-0.3, -0.25) is 9.59 Å². The molecule has 10 heteroatoms. The lowest BCUT2D eigenvalue weighted by Gasteiger charge is -2.18. The lowest BCUT2D eigenvalue weighted by molar-refractivity contribution is -0.155. The SMILES string of the molecule is COc1ccc2cc(CN(C)C(=O)COC(=O)Cn3c(C(F)(F)F)nc4ccccc43)ccc2c1. The summed E-state index contributed by atoms with van der Waals surface area (Å²) in [6.07, 6.45) is -4.75. The molecule has 1 heterocycles. The van der Waals surface area contributed by atoms with Crippen LogP contribution in [0.15, 0.2) is 60.7 Å². The van der Waals surface area contributed by atoms with Crippen LogP contribution in [-0.2, 0) is 33.6 Å². The highest BCUT2D eigenvalue weighted by molar-refractivity contribution is 5.85. The zero-order valence-electron chi connectivity index (χ0n) is 19.0. The van der Waals surface area contributed by atoms with E-state index in [1.165, 1.54) is 17.0 Å². The van der Waals surface area contributed by atoms with Crippen molar-refractivity contribution in [1.29, 1.82) is 0 Å². The topological polar surface area (TPSA) is 73.7 Å². The van der Waals surface area contributed by atoms with Crippen LogP contribution in [0, 0.1) is 0 Å². The Hall–Kier alpha value is -4.08. The minimum atomic E-state index is -4.75. The number of amides is 1. The highest BCUT2D eigenvalue weighted by Gasteiger charge is 2.38. The number of esters is 1. The number of methoxy groups -OCH3 is 1. The second-order valence-electron chi connectivity index (χ2n) is 7.97. The van der Waals surface area contributed by atoms with Crippen molar-refractivity contribution in [2.75, 3.05) is 20.8 Å². The number of rotatable bonds is 7. The van der Waals surface area contributed by atoms with Crippen molar-refractivity contribution in [1.82, 2.24) is 14.5 Å². The quantitative estimate of drug-likeness (QED) is 0.363. The van der Waals surface area contributed by atoms with Gasteiger partial charge in [0.1, 0.15) is 12.3 Å². The summed E-state index contributed by atoms with van der Waals surface area (Å²) < 4.78 is 51.1. The number of alkyl halides is 3. The van der Waals surface area contributed by atoms with Crippen molar-refractivity contribution >= 4 is 33.7 Å². The summed E-state index contributed by atoms with van der Waals surface area (Å²) in [7, 11) is 3.15. The molecule has 0 unspecified atom stereocenters. The first-order chi connectivity index (χ1) is 16.7. The standard InChI is InChI=1S/C25H22F3N3O4/c1-30(13-16-7-8-18-12-19(34-2)10-9-17(18)11-16)22(32)15-35-23(33)14-31-21-6-4-3-5-20(21)29-24(31)25(26,27)28/h3-12H,13-15H2,1-2H3. The van der Waals surface area contributed by atoms with Crippen LogP contribution in [-0.4, -0.2) is 47.1 Å². The number of para-hydroxylation sites is 2. The Labute approximate surface area is 198 Å². The van der Waals surface area contributed by atoms with Gasteiger partial charge in [-0.1, -0.05) is 30.3 Å². The Morgan fingerprint density at radius 3 is 2.49 bits per heavy atom.